The molecule has 98 valence electrons. The van der Waals surface area contributed by atoms with Gasteiger partial charge in [-0.2, -0.15) is 0 Å². The van der Waals surface area contributed by atoms with Crippen molar-refractivity contribution < 1.29 is 24.5 Å². The van der Waals surface area contributed by atoms with Crippen LogP contribution in [0.2, 0.25) is 0 Å². The zero-order valence-electron chi connectivity index (χ0n) is 10.4. The fraction of sp³-hybridized carbons (Fsp3) is 0.692. The molecule has 0 amide bonds. The standard InChI is InChI=1S/C13H16O5/c1-6-7-3-10(15)13(17)11(16)18-5-12(13,2)8(7)4-9(6)14/h8,10,15,17H,3-5H2,1-2H3/t8?,10-,12+,13-/m1/s1. The van der Waals surface area contributed by atoms with Crippen LogP contribution in [-0.4, -0.2) is 40.3 Å². The van der Waals surface area contributed by atoms with Crippen molar-refractivity contribution in [2.75, 3.05) is 6.61 Å². The first-order valence-corrected chi connectivity index (χ1v) is 6.13. The molecule has 1 unspecified atom stereocenters. The van der Waals surface area contributed by atoms with Crippen LogP contribution >= 0.6 is 0 Å². The predicted octanol–water partition coefficient (Wildman–Crippen LogP) is -0.0493. The van der Waals surface area contributed by atoms with E-state index < -0.39 is 23.1 Å². The summed E-state index contributed by atoms with van der Waals surface area (Å²) >= 11 is 0. The van der Waals surface area contributed by atoms with E-state index in [9.17, 15) is 19.8 Å². The molecular formula is C13H16O5. The van der Waals surface area contributed by atoms with E-state index in [4.69, 9.17) is 4.74 Å². The number of carbonyl (C=O) groups is 2. The van der Waals surface area contributed by atoms with Crippen LogP contribution in [0, 0.1) is 11.3 Å². The lowest BCUT2D eigenvalue weighted by molar-refractivity contribution is -0.182. The number of allylic oxidation sites excluding steroid dienone is 1. The van der Waals surface area contributed by atoms with Gasteiger partial charge in [0.2, 0.25) is 0 Å². The third-order valence-corrected chi connectivity index (χ3v) is 5.06. The van der Waals surface area contributed by atoms with Crippen molar-refractivity contribution in [1.29, 1.82) is 0 Å². The summed E-state index contributed by atoms with van der Waals surface area (Å²) in [4.78, 5) is 23.6. The second-order valence-electron chi connectivity index (χ2n) is 5.81. The highest BCUT2D eigenvalue weighted by molar-refractivity contribution is 5.99. The molecule has 2 aliphatic carbocycles. The molecule has 0 aromatic carbocycles. The Kier molecular flexibility index (Phi) is 2.12. The van der Waals surface area contributed by atoms with E-state index in [1.54, 1.807) is 13.8 Å². The number of fused-ring (bicyclic) bond motifs is 3. The maximum atomic E-state index is 11.8. The summed E-state index contributed by atoms with van der Waals surface area (Å²) in [5.41, 5.74) is -1.25. The van der Waals surface area contributed by atoms with Gasteiger partial charge in [0, 0.05) is 6.42 Å². The van der Waals surface area contributed by atoms with Crippen molar-refractivity contribution in [2.45, 2.75) is 38.4 Å². The van der Waals surface area contributed by atoms with Gasteiger partial charge in [0.1, 0.15) is 6.61 Å². The van der Waals surface area contributed by atoms with E-state index in [1.165, 1.54) is 0 Å². The summed E-state index contributed by atoms with van der Waals surface area (Å²) in [6.07, 6.45) is -0.739. The summed E-state index contributed by atoms with van der Waals surface area (Å²) in [5, 5.41) is 20.7. The highest BCUT2D eigenvalue weighted by Gasteiger charge is 2.70. The predicted molar refractivity (Wildman–Crippen MR) is 60.5 cm³/mol. The Morgan fingerprint density at radius 2 is 2.00 bits per heavy atom. The van der Waals surface area contributed by atoms with Gasteiger partial charge in [-0.1, -0.05) is 12.5 Å². The van der Waals surface area contributed by atoms with Gasteiger partial charge in [-0.15, -0.1) is 0 Å². The Morgan fingerprint density at radius 1 is 1.33 bits per heavy atom. The van der Waals surface area contributed by atoms with Crippen molar-refractivity contribution >= 4 is 11.8 Å². The van der Waals surface area contributed by atoms with Crippen molar-refractivity contribution in [3.05, 3.63) is 11.1 Å². The van der Waals surface area contributed by atoms with Crippen LogP contribution < -0.4 is 0 Å². The number of cyclic esters (lactones) is 1. The van der Waals surface area contributed by atoms with Crippen LogP contribution in [0.15, 0.2) is 11.1 Å². The third-order valence-electron chi connectivity index (χ3n) is 5.06. The number of rotatable bonds is 0. The molecule has 1 saturated carbocycles. The zero-order chi connectivity index (χ0) is 13.3. The minimum atomic E-state index is -1.88. The Balaban J connectivity index is 2.16. The molecule has 5 heteroatoms. The van der Waals surface area contributed by atoms with Crippen LogP contribution in [0.4, 0.5) is 0 Å². The first-order chi connectivity index (χ1) is 8.32. The molecule has 0 spiro atoms. The van der Waals surface area contributed by atoms with E-state index in [0.717, 1.165) is 5.57 Å². The normalized spacial score (nSPS) is 47.1. The van der Waals surface area contributed by atoms with E-state index in [0.29, 0.717) is 12.0 Å². The average molecular weight is 252 g/mol. The summed E-state index contributed by atoms with van der Waals surface area (Å²) in [5.74, 6) is -0.939. The van der Waals surface area contributed by atoms with E-state index in [-0.39, 0.29) is 24.7 Å². The summed E-state index contributed by atoms with van der Waals surface area (Å²) in [7, 11) is 0. The molecule has 2 fully saturated rings. The summed E-state index contributed by atoms with van der Waals surface area (Å²) in [6, 6.07) is 0. The molecular weight excluding hydrogens is 236 g/mol. The first kappa shape index (κ1) is 11.9. The molecule has 3 rings (SSSR count). The van der Waals surface area contributed by atoms with Gasteiger partial charge in [-0.25, -0.2) is 4.79 Å². The Labute approximate surface area is 104 Å². The first-order valence-electron chi connectivity index (χ1n) is 6.13. The van der Waals surface area contributed by atoms with Crippen LogP contribution in [0.3, 0.4) is 0 Å². The lowest BCUT2D eigenvalue weighted by atomic mass is 9.57. The molecule has 0 bridgehead atoms. The molecule has 1 saturated heterocycles. The molecule has 1 heterocycles. The highest BCUT2D eigenvalue weighted by Crippen LogP contribution is 2.58. The molecule has 5 nitrogen and oxygen atoms in total. The maximum Gasteiger partial charge on any atom is 0.341 e. The highest BCUT2D eigenvalue weighted by atomic mass is 16.6. The summed E-state index contributed by atoms with van der Waals surface area (Å²) < 4.78 is 4.97. The van der Waals surface area contributed by atoms with Crippen molar-refractivity contribution in [1.82, 2.24) is 0 Å². The van der Waals surface area contributed by atoms with Crippen LogP contribution in [0.25, 0.3) is 0 Å². The number of hydrogen-bond donors (Lipinski definition) is 2. The molecule has 4 atom stereocenters. The van der Waals surface area contributed by atoms with Gasteiger partial charge in [-0.3, -0.25) is 4.79 Å². The number of aliphatic hydroxyl groups excluding tert-OH is 1. The number of esters is 1. The van der Waals surface area contributed by atoms with Gasteiger partial charge in [0.15, 0.2) is 11.4 Å². The monoisotopic (exact) mass is 252 g/mol. The van der Waals surface area contributed by atoms with Gasteiger partial charge in [0.25, 0.3) is 0 Å². The number of ketones is 1. The second-order valence-corrected chi connectivity index (χ2v) is 5.81. The smallest absolute Gasteiger partial charge is 0.341 e. The molecule has 1 aliphatic heterocycles. The van der Waals surface area contributed by atoms with E-state index in [2.05, 4.69) is 0 Å². The number of hydrogen-bond acceptors (Lipinski definition) is 5. The lowest BCUT2D eigenvalue weighted by Crippen LogP contribution is -2.62. The maximum absolute atomic E-state index is 11.8. The minimum absolute atomic E-state index is 0.0343. The third kappa shape index (κ3) is 1.05. The van der Waals surface area contributed by atoms with Crippen molar-refractivity contribution in [3.63, 3.8) is 0 Å². The molecule has 0 radical (unpaired) electrons. The fourth-order valence-electron chi connectivity index (χ4n) is 3.71. The van der Waals surface area contributed by atoms with Crippen molar-refractivity contribution in [2.24, 2.45) is 11.3 Å². The van der Waals surface area contributed by atoms with Gasteiger partial charge >= 0.3 is 5.97 Å². The number of ether oxygens (including phenoxy) is 1. The van der Waals surface area contributed by atoms with E-state index in [1.807, 2.05) is 0 Å². The SMILES string of the molecule is CC1=C2C[C@@H](O)[C@@]3(O)C(=O)OC[C@@]3(C)C2CC1=O. The Hall–Kier alpha value is -1.20. The zero-order valence-corrected chi connectivity index (χ0v) is 10.4. The number of Topliss-reactive ketones (excluding diaryl/α,β-unsaturated/α-hetero) is 1. The average Bonchev–Trinajstić information content (AvgIpc) is 2.73. The Morgan fingerprint density at radius 3 is 2.67 bits per heavy atom. The van der Waals surface area contributed by atoms with Crippen LogP contribution in [-0.2, 0) is 14.3 Å². The van der Waals surface area contributed by atoms with Crippen LogP contribution in [0.5, 0.6) is 0 Å². The molecule has 3 aliphatic rings. The molecule has 0 aromatic rings. The topological polar surface area (TPSA) is 83.8 Å². The quantitative estimate of drug-likeness (QED) is 0.591. The van der Waals surface area contributed by atoms with E-state index >= 15 is 0 Å². The molecule has 18 heavy (non-hydrogen) atoms. The van der Waals surface area contributed by atoms with Gasteiger partial charge in [-0.05, 0) is 24.8 Å². The second kappa shape index (κ2) is 3.22. The minimum Gasteiger partial charge on any atom is -0.463 e. The fourth-order valence-corrected chi connectivity index (χ4v) is 3.71. The summed E-state index contributed by atoms with van der Waals surface area (Å²) in [6.45, 7) is 3.51. The lowest BCUT2D eigenvalue weighted by Gasteiger charge is -2.47. The molecule has 2 N–H and O–H groups in total. The van der Waals surface area contributed by atoms with Crippen LogP contribution in [0.1, 0.15) is 26.7 Å². The van der Waals surface area contributed by atoms with Gasteiger partial charge < -0.3 is 14.9 Å². The Bertz CT molecular complexity index is 494. The number of aliphatic hydroxyl groups is 2. The van der Waals surface area contributed by atoms with Crippen molar-refractivity contribution in [3.8, 4) is 0 Å². The number of carbonyl (C=O) groups excluding carboxylic acids is 2. The molecule has 0 aromatic heterocycles. The largest absolute Gasteiger partial charge is 0.463 e. The van der Waals surface area contributed by atoms with Gasteiger partial charge in [0.05, 0.1) is 11.5 Å².